The number of hydrogen-bond acceptors (Lipinski definition) is 7. The van der Waals surface area contributed by atoms with Gasteiger partial charge >= 0.3 is 5.97 Å². The topological polar surface area (TPSA) is 106 Å². The molecule has 0 bridgehead atoms. The zero-order chi connectivity index (χ0) is 24.9. The van der Waals surface area contributed by atoms with Crippen LogP contribution in [0.1, 0.15) is 26.3 Å². The summed E-state index contributed by atoms with van der Waals surface area (Å²) in [5, 5.41) is 9.28. The second-order valence-corrected chi connectivity index (χ2v) is 8.32. The van der Waals surface area contributed by atoms with E-state index in [9.17, 15) is 14.4 Å². The number of carboxylic acid groups (broad SMARTS) is 1. The van der Waals surface area contributed by atoms with E-state index in [2.05, 4.69) is 4.99 Å². The molecule has 1 heterocycles. The second-order valence-electron chi connectivity index (χ2n) is 7.31. The Balaban J connectivity index is 1.76. The minimum Gasteiger partial charge on any atom is -0.497 e. The van der Waals surface area contributed by atoms with E-state index in [4.69, 9.17) is 14.6 Å². The van der Waals surface area contributed by atoms with Gasteiger partial charge in [-0.1, -0.05) is 18.2 Å². The van der Waals surface area contributed by atoms with Gasteiger partial charge in [0.25, 0.3) is 11.8 Å². The molecule has 3 aromatic rings. The van der Waals surface area contributed by atoms with E-state index < -0.39 is 17.8 Å². The van der Waals surface area contributed by atoms with Gasteiger partial charge in [0.15, 0.2) is 5.17 Å². The van der Waals surface area contributed by atoms with E-state index in [1.165, 1.54) is 38.5 Å². The van der Waals surface area contributed by atoms with E-state index in [-0.39, 0.29) is 15.6 Å². The van der Waals surface area contributed by atoms with Crippen molar-refractivity contribution in [3.05, 3.63) is 94.4 Å². The van der Waals surface area contributed by atoms with Crippen molar-refractivity contribution in [1.82, 2.24) is 4.90 Å². The Morgan fingerprint density at radius 1 is 0.914 bits per heavy atom. The lowest BCUT2D eigenvalue weighted by atomic mass is 10.1. The average Bonchev–Trinajstić information content (AvgIpc) is 3.18. The number of ether oxygens (including phenoxy) is 2. The van der Waals surface area contributed by atoms with Gasteiger partial charge in [-0.15, -0.1) is 0 Å². The van der Waals surface area contributed by atoms with Crippen LogP contribution in [-0.4, -0.2) is 47.2 Å². The molecule has 9 heteroatoms. The number of amides is 2. The van der Waals surface area contributed by atoms with Gasteiger partial charge in [-0.3, -0.25) is 9.59 Å². The molecule has 1 fully saturated rings. The van der Waals surface area contributed by atoms with Gasteiger partial charge in [0.1, 0.15) is 11.5 Å². The first-order chi connectivity index (χ1) is 16.9. The smallest absolute Gasteiger partial charge is 0.335 e. The third-order valence-electron chi connectivity index (χ3n) is 5.04. The van der Waals surface area contributed by atoms with Gasteiger partial charge in [0.05, 0.1) is 30.4 Å². The summed E-state index contributed by atoms with van der Waals surface area (Å²) in [4.78, 5) is 43.6. The predicted octanol–water partition coefficient (Wildman–Crippen LogP) is 4.85. The van der Waals surface area contributed by atoms with Crippen LogP contribution in [-0.2, 0) is 4.79 Å². The normalized spacial score (nSPS) is 15.5. The summed E-state index contributed by atoms with van der Waals surface area (Å²) in [6, 6.07) is 19.5. The molecule has 3 aromatic carbocycles. The minimum atomic E-state index is -1.06. The molecule has 176 valence electrons. The number of carboxylic acids is 1. The number of aromatic carboxylic acids is 1. The Labute approximate surface area is 205 Å². The van der Waals surface area contributed by atoms with Gasteiger partial charge in [-0.2, -0.15) is 0 Å². The standard InChI is InChI=1S/C26H20N2O6S/c1-33-20-12-16(13-21(15-20)34-2)14-22-24(30)28(23(29)17-6-4-3-5-7-17)26(35-22)27-19-10-8-18(9-11-19)25(31)32/h3-15H,1-2H3,(H,31,32)/b22-14+,27-26?. The van der Waals surface area contributed by atoms with E-state index in [1.54, 1.807) is 54.6 Å². The molecule has 0 aliphatic carbocycles. The van der Waals surface area contributed by atoms with Crippen molar-refractivity contribution in [3.8, 4) is 11.5 Å². The fourth-order valence-corrected chi connectivity index (χ4v) is 4.27. The van der Waals surface area contributed by atoms with Crippen LogP contribution in [0.3, 0.4) is 0 Å². The highest BCUT2D eigenvalue weighted by Gasteiger charge is 2.38. The summed E-state index contributed by atoms with van der Waals surface area (Å²) in [5.41, 5.74) is 1.49. The number of amidine groups is 1. The van der Waals surface area contributed by atoms with Crippen LogP contribution in [0.2, 0.25) is 0 Å². The van der Waals surface area contributed by atoms with Gasteiger partial charge in [-0.05, 0) is 71.9 Å². The summed E-state index contributed by atoms with van der Waals surface area (Å²) >= 11 is 1.05. The van der Waals surface area contributed by atoms with Crippen molar-refractivity contribution in [1.29, 1.82) is 0 Å². The van der Waals surface area contributed by atoms with Crippen molar-refractivity contribution in [3.63, 3.8) is 0 Å². The highest BCUT2D eigenvalue weighted by Crippen LogP contribution is 2.36. The Bertz CT molecular complexity index is 1330. The van der Waals surface area contributed by atoms with Gasteiger partial charge in [0, 0.05) is 11.6 Å². The average molecular weight is 489 g/mol. The lowest BCUT2D eigenvalue weighted by Crippen LogP contribution is -2.35. The zero-order valence-electron chi connectivity index (χ0n) is 18.8. The van der Waals surface area contributed by atoms with Crippen LogP contribution in [0, 0.1) is 0 Å². The second kappa shape index (κ2) is 10.3. The van der Waals surface area contributed by atoms with Gasteiger partial charge < -0.3 is 14.6 Å². The fourth-order valence-electron chi connectivity index (χ4n) is 3.29. The van der Waals surface area contributed by atoms with E-state index in [0.717, 1.165) is 16.7 Å². The number of hydrogen-bond donors (Lipinski definition) is 1. The molecule has 0 unspecified atom stereocenters. The number of nitrogens with zero attached hydrogens (tertiary/aromatic N) is 2. The van der Waals surface area contributed by atoms with Crippen molar-refractivity contribution >= 4 is 46.5 Å². The van der Waals surface area contributed by atoms with Crippen LogP contribution in [0.25, 0.3) is 6.08 Å². The number of rotatable bonds is 6. The number of thioether (sulfide) groups is 1. The van der Waals surface area contributed by atoms with Crippen LogP contribution >= 0.6 is 11.8 Å². The molecule has 1 aliphatic rings. The van der Waals surface area contributed by atoms with Crippen molar-refractivity contribution < 1.29 is 29.0 Å². The largest absolute Gasteiger partial charge is 0.497 e. The molecule has 4 rings (SSSR count). The predicted molar refractivity (Wildman–Crippen MR) is 133 cm³/mol. The van der Waals surface area contributed by atoms with Crippen molar-refractivity contribution in [2.24, 2.45) is 4.99 Å². The third-order valence-corrected chi connectivity index (χ3v) is 6.01. The molecular formula is C26H20N2O6S. The summed E-state index contributed by atoms with van der Waals surface area (Å²) in [5.74, 6) is -0.996. The summed E-state index contributed by atoms with van der Waals surface area (Å²) in [6.45, 7) is 0. The van der Waals surface area contributed by atoms with Gasteiger partial charge in [-0.25, -0.2) is 14.7 Å². The van der Waals surface area contributed by atoms with E-state index >= 15 is 0 Å². The number of imide groups is 1. The third kappa shape index (κ3) is 5.25. The number of methoxy groups -OCH3 is 2. The zero-order valence-corrected chi connectivity index (χ0v) is 19.6. The van der Waals surface area contributed by atoms with Gasteiger partial charge in [0.2, 0.25) is 0 Å². The van der Waals surface area contributed by atoms with Crippen molar-refractivity contribution in [2.45, 2.75) is 0 Å². The quantitative estimate of drug-likeness (QED) is 0.391. The highest BCUT2D eigenvalue weighted by atomic mass is 32.2. The SMILES string of the molecule is COc1cc(/C=C2/SC(=Nc3ccc(C(=O)O)cc3)N(C(=O)c3ccccc3)C2=O)cc(OC)c1. The Kier molecular flexibility index (Phi) is 6.98. The molecule has 1 N–H and O–H groups in total. The molecule has 0 aromatic heterocycles. The Morgan fingerprint density at radius 2 is 1.54 bits per heavy atom. The minimum absolute atomic E-state index is 0.105. The number of carbonyl (C=O) groups excluding carboxylic acids is 2. The maximum Gasteiger partial charge on any atom is 0.335 e. The van der Waals surface area contributed by atoms with Crippen LogP contribution in [0.4, 0.5) is 5.69 Å². The molecule has 0 saturated carbocycles. The number of carbonyl (C=O) groups is 3. The molecular weight excluding hydrogens is 468 g/mol. The maximum atomic E-state index is 13.4. The van der Waals surface area contributed by atoms with Crippen LogP contribution < -0.4 is 9.47 Å². The molecule has 2 amide bonds. The lowest BCUT2D eigenvalue weighted by Gasteiger charge is -2.13. The van der Waals surface area contributed by atoms with Crippen LogP contribution in [0.15, 0.2) is 82.7 Å². The summed E-state index contributed by atoms with van der Waals surface area (Å²) in [7, 11) is 3.06. The lowest BCUT2D eigenvalue weighted by molar-refractivity contribution is -0.120. The molecule has 1 aliphatic heterocycles. The molecule has 35 heavy (non-hydrogen) atoms. The monoisotopic (exact) mass is 488 g/mol. The number of aliphatic imine (C=N–C) groups is 1. The first kappa shape index (κ1) is 23.8. The molecule has 1 saturated heterocycles. The highest BCUT2D eigenvalue weighted by molar-refractivity contribution is 8.18. The Hall–Kier alpha value is -4.37. The molecule has 0 atom stereocenters. The number of benzene rings is 3. The first-order valence-electron chi connectivity index (χ1n) is 10.4. The summed E-state index contributed by atoms with van der Waals surface area (Å²) in [6.07, 6.45) is 1.64. The molecule has 0 radical (unpaired) electrons. The van der Waals surface area contributed by atoms with Crippen molar-refractivity contribution in [2.75, 3.05) is 14.2 Å². The van der Waals surface area contributed by atoms with Crippen LogP contribution in [0.5, 0.6) is 11.5 Å². The molecule has 0 spiro atoms. The molecule has 8 nitrogen and oxygen atoms in total. The fraction of sp³-hybridized carbons (Fsp3) is 0.0769. The van der Waals surface area contributed by atoms with E-state index in [1.807, 2.05) is 0 Å². The Morgan fingerprint density at radius 3 is 2.11 bits per heavy atom. The summed E-state index contributed by atoms with van der Waals surface area (Å²) < 4.78 is 10.6. The van der Waals surface area contributed by atoms with E-state index in [0.29, 0.717) is 28.3 Å². The maximum absolute atomic E-state index is 13.4. The first-order valence-corrected chi connectivity index (χ1v) is 11.2.